The maximum Gasteiger partial charge on any atom is 0.236 e. The first-order valence-corrected chi connectivity index (χ1v) is 8.14. The van der Waals surface area contributed by atoms with Crippen LogP contribution in [0.15, 0.2) is 24.3 Å². The maximum absolute atomic E-state index is 12.4. The number of carbonyl (C=O) groups excluding carboxylic acids is 1. The van der Waals surface area contributed by atoms with Crippen LogP contribution in [-0.2, 0) is 4.79 Å². The summed E-state index contributed by atoms with van der Waals surface area (Å²) in [6.45, 7) is 7.57. The number of rotatable bonds is 7. The molecule has 116 valence electrons. The van der Waals surface area contributed by atoms with Gasteiger partial charge in [-0.2, -0.15) is 0 Å². The van der Waals surface area contributed by atoms with E-state index in [0.29, 0.717) is 18.5 Å². The summed E-state index contributed by atoms with van der Waals surface area (Å²) in [4.78, 5) is 14.4. The SMILES string of the molecule is CC(C)CN(C(=O)CN[C@@H](C)c1ccccc1Cl)C1CC1. The molecule has 21 heavy (non-hydrogen) atoms. The number of hydrogen-bond acceptors (Lipinski definition) is 2. The summed E-state index contributed by atoms with van der Waals surface area (Å²) in [5.41, 5.74) is 1.04. The lowest BCUT2D eigenvalue weighted by Gasteiger charge is -2.25. The van der Waals surface area contributed by atoms with Gasteiger partial charge in [-0.25, -0.2) is 0 Å². The monoisotopic (exact) mass is 308 g/mol. The van der Waals surface area contributed by atoms with Crippen molar-refractivity contribution >= 4 is 17.5 Å². The third-order valence-electron chi connectivity index (χ3n) is 3.80. The van der Waals surface area contributed by atoms with Crippen LogP contribution >= 0.6 is 11.6 Å². The van der Waals surface area contributed by atoms with Gasteiger partial charge in [0.2, 0.25) is 5.91 Å². The van der Waals surface area contributed by atoms with E-state index in [4.69, 9.17) is 11.6 Å². The van der Waals surface area contributed by atoms with Gasteiger partial charge in [-0.15, -0.1) is 0 Å². The second-order valence-corrected chi connectivity index (χ2v) is 6.70. The van der Waals surface area contributed by atoms with Gasteiger partial charge in [-0.05, 0) is 37.3 Å². The third kappa shape index (κ3) is 4.72. The average molecular weight is 309 g/mol. The van der Waals surface area contributed by atoms with Crippen molar-refractivity contribution in [2.75, 3.05) is 13.1 Å². The van der Waals surface area contributed by atoms with E-state index in [9.17, 15) is 4.79 Å². The summed E-state index contributed by atoms with van der Waals surface area (Å²) in [5, 5.41) is 4.04. The van der Waals surface area contributed by atoms with Gasteiger partial charge in [0.25, 0.3) is 0 Å². The fraction of sp³-hybridized carbons (Fsp3) is 0.588. The van der Waals surface area contributed by atoms with Gasteiger partial charge in [0.15, 0.2) is 0 Å². The molecule has 1 aliphatic rings. The van der Waals surface area contributed by atoms with E-state index in [1.165, 1.54) is 0 Å². The number of nitrogens with zero attached hydrogens (tertiary/aromatic N) is 1. The van der Waals surface area contributed by atoms with E-state index < -0.39 is 0 Å². The van der Waals surface area contributed by atoms with Gasteiger partial charge >= 0.3 is 0 Å². The zero-order valence-electron chi connectivity index (χ0n) is 13.1. The van der Waals surface area contributed by atoms with Gasteiger partial charge < -0.3 is 10.2 Å². The molecule has 1 amide bonds. The molecule has 4 heteroatoms. The number of carbonyl (C=O) groups is 1. The highest BCUT2D eigenvalue weighted by atomic mass is 35.5. The van der Waals surface area contributed by atoms with Crippen molar-refractivity contribution in [1.82, 2.24) is 10.2 Å². The standard InChI is InChI=1S/C17H25ClN2O/c1-12(2)11-20(14-8-9-14)17(21)10-19-13(3)15-6-4-5-7-16(15)18/h4-7,12-14,19H,8-11H2,1-3H3/t13-/m0/s1. The molecule has 0 aliphatic heterocycles. The number of amides is 1. The second-order valence-electron chi connectivity index (χ2n) is 6.30. The minimum absolute atomic E-state index is 0.0720. The Bertz CT molecular complexity index is 485. The van der Waals surface area contributed by atoms with Crippen molar-refractivity contribution in [3.63, 3.8) is 0 Å². The van der Waals surface area contributed by atoms with Crippen LogP contribution in [0.25, 0.3) is 0 Å². The quantitative estimate of drug-likeness (QED) is 0.834. The molecule has 1 fully saturated rings. The minimum Gasteiger partial charge on any atom is -0.338 e. The van der Waals surface area contributed by atoms with E-state index in [1.54, 1.807) is 0 Å². The molecule has 0 aromatic heterocycles. The number of halogens is 1. The van der Waals surface area contributed by atoms with E-state index in [2.05, 4.69) is 19.2 Å². The molecule has 0 radical (unpaired) electrons. The first-order chi connectivity index (χ1) is 9.99. The summed E-state index contributed by atoms with van der Waals surface area (Å²) in [6, 6.07) is 8.31. The molecule has 0 saturated heterocycles. The number of benzene rings is 1. The molecule has 0 bridgehead atoms. The largest absolute Gasteiger partial charge is 0.338 e. The Morgan fingerprint density at radius 2 is 2.00 bits per heavy atom. The highest BCUT2D eigenvalue weighted by Crippen LogP contribution is 2.28. The van der Waals surface area contributed by atoms with Crippen molar-refractivity contribution < 1.29 is 4.79 Å². The maximum atomic E-state index is 12.4. The summed E-state index contributed by atoms with van der Waals surface area (Å²) >= 11 is 6.19. The molecule has 0 heterocycles. The van der Waals surface area contributed by atoms with Gasteiger partial charge in [0, 0.05) is 23.7 Å². The Hall–Kier alpha value is -1.06. The molecule has 1 saturated carbocycles. The predicted molar refractivity (Wildman–Crippen MR) is 87.4 cm³/mol. The van der Waals surface area contributed by atoms with E-state index in [0.717, 1.165) is 30.0 Å². The van der Waals surface area contributed by atoms with Gasteiger partial charge in [0.05, 0.1) is 6.54 Å². The molecule has 3 nitrogen and oxygen atoms in total. The fourth-order valence-electron chi connectivity index (χ4n) is 2.51. The summed E-state index contributed by atoms with van der Waals surface area (Å²) in [7, 11) is 0. The number of nitrogens with one attached hydrogen (secondary N) is 1. The smallest absolute Gasteiger partial charge is 0.236 e. The molecule has 0 spiro atoms. The Labute approximate surface area is 132 Å². The topological polar surface area (TPSA) is 32.3 Å². The zero-order valence-corrected chi connectivity index (χ0v) is 13.9. The van der Waals surface area contributed by atoms with Crippen molar-refractivity contribution in [1.29, 1.82) is 0 Å². The molecule has 1 aromatic carbocycles. The summed E-state index contributed by atoms with van der Waals surface area (Å²) in [5.74, 6) is 0.709. The van der Waals surface area contributed by atoms with Crippen LogP contribution in [0, 0.1) is 5.92 Å². The summed E-state index contributed by atoms with van der Waals surface area (Å²) in [6.07, 6.45) is 2.30. The fourth-order valence-corrected chi connectivity index (χ4v) is 2.81. The highest BCUT2D eigenvalue weighted by molar-refractivity contribution is 6.31. The summed E-state index contributed by atoms with van der Waals surface area (Å²) < 4.78 is 0. The third-order valence-corrected chi connectivity index (χ3v) is 4.15. The van der Waals surface area contributed by atoms with Crippen molar-refractivity contribution in [3.05, 3.63) is 34.9 Å². The van der Waals surface area contributed by atoms with E-state index in [1.807, 2.05) is 36.1 Å². The normalized spacial score (nSPS) is 16.0. The van der Waals surface area contributed by atoms with Crippen LogP contribution in [0.5, 0.6) is 0 Å². The highest BCUT2D eigenvalue weighted by Gasteiger charge is 2.32. The lowest BCUT2D eigenvalue weighted by Crippen LogP contribution is -2.42. The predicted octanol–water partition coefficient (Wildman–Crippen LogP) is 3.64. The molecule has 1 N–H and O–H groups in total. The Morgan fingerprint density at radius 3 is 2.57 bits per heavy atom. The Kier molecular flexibility index (Phi) is 5.65. The lowest BCUT2D eigenvalue weighted by molar-refractivity contribution is -0.131. The van der Waals surface area contributed by atoms with Crippen molar-refractivity contribution in [2.24, 2.45) is 5.92 Å². The average Bonchev–Trinajstić information content (AvgIpc) is 3.26. The first kappa shape index (κ1) is 16.3. The van der Waals surface area contributed by atoms with Gasteiger partial charge in [0.1, 0.15) is 0 Å². The van der Waals surface area contributed by atoms with Crippen LogP contribution in [0.2, 0.25) is 5.02 Å². The van der Waals surface area contributed by atoms with Crippen LogP contribution in [0.4, 0.5) is 0 Å². The lowest BCUT2D eigenvalue weighted by atomic mass is 10.1. The van der Waals surface area contributed by atoms with Crippen LogP contribution in [-0.4, -0.2) is 29.9 Å². The van der Waals surface area contributed by atoms with Crippen LogP contribution < -0.4 is 5.32 Å². The Morgan fingerprint density at radius 1 is 1.33 bits per heavy atom. The number of hydrogen-bond donors (Lipinski definition) is 1. The van der Waals surface area contributed by atoms with Crippen LogP contribution in [0.3, 0.4) is 0 Å². The first-order valence-electron chi connectivity index (χ1n) is 7.76. The molecule has 0 unspecified atom stereocenters. The molecular weight excluding hydrogens is 284 g/mol. The van der Waals surface area contributed by atoms with Crippen molar-refractivity contribution in [3.8, 4) is 0 Å². The van der Waals surface area contributed by atoms with E-state index >= 15 is 0 Å². The minimum atomic E-state index is 0.0720. The van der Waals surface area contributed by atoms with Crippen molar-refractivity contribution in [2.45, 2.75) is 45.7 Å². The van der Waals surface area contributed by atoms with E-state index in [-0.39, 0.29) is 11.9 Å². The van der Waals surface area contributed by atoms with Crippen LogP contribution in [0.1, 0.15) is 45.2 Å². The molecule has 1 aromatic rings. The molecule has 1 atom stereocenters. The second kappa shape index (κ2) is 7.28. The molecule has 1 aliphatic carbocycles. The van der Waals surface area contributed by atoms with Gasteiger partial charge in [-0.3, -0.25) is 4.79 Å². The Balaban J connectivity index is 1.89. The zero-order chi connectivity index (χ0) is 15.4. The van der Waals surface area contributed by atoms with Gasteiger partial charge in [-0.1, -0.05) is 43.6 Å². The molecule has 2 rings (SSSR count). The molecular formula is C17H25ClN2O.